The molecule has 0 bridgehead atoms. The minimum atomic E-state index is -4.71. The average molecular weight is 476 g/mol. The molecule has 0 aliphatic carbocycles. The Hall–Kier alpha value is -3.14. The number of benzene rings is 2. The van der Waals surface area contributed by atoms with Crippen LogP contribution in [0.1, 0.15) is 36.8 Å². The second kappa shape index (κ2) is 10.9. The normalized spacial score (nSPS) is 16.1. The lowest BCUT2D eigenvalue weighted by Gasteiger charge is -2.23. The van der Waals surface area contributed by atoms with Crippen LogP contribution >= 0.6 is 0 Å². The van der Waals surface area contributed by atoms with E-state index in [1.54, 1.807) is 12.1 Å². The molecule has 3 aromatic rings. The van der Waals surface area contributed by atoms with Gasteiger partial charge in [-0.25, -0.2) is 0 Å². The molecule has 0 saturated carbocycles. The van der Waals surface area contributed by atoms with Gasteiger partial charge in [-0.15, -0.1) is 13.2 Å². The summed E-state index contributed by atoms with van der Waals surface area (Å²) in [4.78, 5) is 17.1. The number of alkyl halides is 3. The first kappa shape index (κ1) is 24.0. The number of aromatic nitrogens is 3. The third-order valence-corrected chi connectivity index (χ3v) is 5.98. The van der Waals surface area contributed by atoms with Crippen LogP contribution in [0.2, 0.25) is 0 Å². The molecule has 10 heteroatoms. The minimum Gasteiger partial charge on any atom is -0.406 e. The van der Waals surface area contributed by atoms with E-state index in [4.69, 9.17) is 0 Å². The molecule has 1 aliphatic rings. The van der Waals surface area contributed by atoms with Gasteiger partial charge in [0.25, 0.3) is 0 Å². The van der Waals surface area contributed by atoms with E-state index in [9.17, 15) is 18.0 Å². The zero-order valence-corrected chi connectivity index (χ0v) is 18.9. The van der Waals surface area contributed by atoms with Gasteiger partial charge >= 0.3 is 6.36 Å². The molecule has 1 aromatic heterocycles. The predicted octanol–water partition coefficient (Wildman–Crippen LogP) is 4.30. The van der Waals surface area contributed by atoms with Gasteiger partial charge in [0, 0.05) is 32.6 Å². The molecule has 1 saturated heterocycles. The van der Waals surface area contributed by atoms with Crippen molar-refractivity contribution < 1.29 is 22.7 Å². The van der Waals surface area contributed by atoms with Crippen LogP contribution in [0.3, 0.4) is 0 Å². The Bertz CT molecular complexity index is 1080. The molecule has 182 valence electrons. The van der Waals surface area contributed by atoms with Crippen molar-refractivity contribution in [3.05, 3.63) is 53.6 Å². The number of nitrogens with one attached hydrogen (secondary N) is 1. The third-order valence-electron chi connectivity index (χ3n) is 5.98. The third kappa shape index (κ3) is 6.93. The SMILES string of the molecule is O=C(CCc1ccc(OC(F)(F)F)cc1)N1CCCCN(Cc2ccc3n[nH]nc3c2)CCC1. The van der Waals surface area contributed by atoms with Gasteiger partial charge in [-0.05, 0) is 67.6 Å². The summed E-state index contributed by atoms with van der Waals surface area (Å²) in [6, 6.07) is 11.8. The highest BCUT2D eigenvalue weighted by molar-refractivity contribution is 5.76. The van der Waals surface area contributed by atoms with Crippen molar-refractivity contribution in [2.24, 2.45) is 0 Å². The monoisotopic (exact) mass is 475 g/mol. The number of carbonyl (C=O) groups excluding carboxylic acids is 1. The van der Waals surface area contributed by atoms with Crippen molar-refractivity contribution in [3.8, 4) is 5.75 Å². The fourth-order valence-electron chi connectivity index (χ4n) is 4.26. The number of amides is 1. The maximum Gasteiger partial charge on any atom is 0.573 e. The van der Waals surface area contributed by atoms with E-state index in [0.717, 1.165) is 62.0 Å². The second-order valence-corrected chi connectivity index (χ2v) is 8.56. The van der Waals surface area contributed by atoms with Gasteiger partial charge < -0.3 is 9.64 Å². The van der Waals surface area contributed by atoms with Crippen LogP contribution in [0.5, 0.6) is 5.75 Å². The topological polar surface area (TPSA) is 74.3 Å². The summed E-state index contributed by atoms with van der Waals surface area (Å²) in [6.07, 6.45) is -1.05. The molecule has 2 aromatic carbocycles. The summed E-state index contributed by atoms with van der Waals surface area (Å²) in [7, 11) is 0. The second-order valence-electron chi connectivity index (χ2n) is 8.56. The fourth-order valence-corrected chi connectivity index (χ4v) is 4.26. The minimum absolute atomic E-state index is 0.0838. The number of aromatic amines is 1. The Balaban J connectivity index is 1.24. The lowest BCUT2D eigenvalue weighted by Crippen LogP contribution is -2.33. The summed E-state index contributed by atoms with van der Waals surface area (Å²) in [5, 5.41) is 10.9. The zero-order valence-electron chi connectivity index (χ0n) is 18.9. The van der Waals surface area contributed by atoms with Crippen LogP contribution in [-0.4, -0.2) is 63.7 Å². The van der Waals surface area contributed by atoms with E-state index in [0.29, 0.717) is 19.4 Å². The van der Waals surface area contributed by atoms with Gasteiger partial charge in [0.05, 0.1) is 0 Å². The van der Waals surface area contributed by atoms with E-state index in [1.165, 1.54) is 17.7 Å². The lowest BCUT2D eigenvalue weighted by atomic mass is 10.1. The number of hydrogen-bond donors (Lipinski definition) is 1. The van der Waals surface area contributed by atoms with Crippen LogP contribution in [-0.2, 0) is 17.8 Å². The number of rotatable bonds is 6. The van der Waals surface area contributed by atoms with Gasteiger partial charge in [-0.1, -0.05) is 18.2 Å². The van der Waals surface area contributed by atoms with E-state index >= 15 is 0 Å². The fraction of sp³-hybridized carbons (Fsp3) is 0.458. The molecular weight excluding hydrogens is 447 g/mol. The number of H-pyrrole nitrogens is 1. The Morgan fingerprint density at radius 2 is 1.59 bits per heavy atom. The van der Waals surface area contributed by atoms with Crippen LogP contribution in [0.15, 0.2) is 42.5 Å². The van der Waals surface area contributed by atoms with Gasteiger partial charge in [-0.2, -0.15) is 15.4 Å². The summed E-state index contributed by atoms with van der Waals surface area (Å²) in [5.74, 6) is -0.173. The number of fused-ring (bicyclic) bond motifs is 1. The largest absolute Gasteiger partial charge is 0.573 e. The quantitative estimate of drug-likeness (QED) is 0.575. The Kier molecular flexibility index (Phi) is 7.66. The molecule has 4 rings (SSSR count). The number of carbonyl (C=O) groups is 1. The highest BCUT2D eigenvalue weighted by atomic mass is 19.4. The molecule has 1 aliphatic heterocycles. The highest BCUT2D eigenvalue weighted by Gasteiger charge is 2.31. The van der Waals surface area contributed by atoms with E-state index in [2.05, 4.69) is 37.2 Å². The van der Waals surface area contributed by atoms with Crippen LogP contribution < -0.4 is 4.74 Å². The number of ether oxygens (including phenoxy) is 1. The summed E-state index contributed by atoms with van der Waals surface area (Å²) in [6.45, 7) is 4.16. The maximum atomic E-state index is 12.8. The Morgan fingerprint density at radius 3 is 2.38 bits per heavy atom. The zero-order chi connectivity index (χ0) is 24.0. The molecule has 2 heterocycles. The van der Waals surface area contributed by atoms with Crippen LogP contribution in [0.4, 0.5) is 13.2 Å². The first-order chi connectivity index (χ1) is 16.4. The molecule has 0 radical (unpaired) electrons. The van der Waals surface area contributed by atoms with Gasteiger partial charge in [-0.3, -0.25) is 9.69 Å². The lowest BCUT2D eigenvalue weighted by molar-refractivity contribution is -0.274. The Morgan fingerprint density at radius 1 is 0.912 bits per heavy atom. The van der Waals surface area contributed by atoms with Crippen LogP contribution in [0.25, 0.3) is 11.0 Å². The van der Waals surface area contributed by atoms with E-state index < -0.39 is 6.36 Å². The Labute approximate surface area is 195 Å². The van der Waals surface area contributed by atoms with Crippen LogP contribution in [0, 0.1) is 0 Å². The van der Waals surface area contributed by atoms with Crippen molar-refractivity contribution in [2.45, 2.75) is 45.0 Å². The first-order valence-electron chi connectivity index (χ1n) is 11.5. The van der Waals surface area contributed by atoms with E-state index in [1.807, 2.05) is 11.0 Å². The molecule has 7 nitrogen and oxygen atoms in total. The maximum absolute atomic E-state index is 12.8. The van der Waals surface area contributed by atoms with Crippen molar-refractivity contribution in [1.82, 2.24) is 25.2 Å². The summed E-state index contributed by atoms with van der Waals surface area (Å²) >= 11 is 0. The molecular formula is C24H28F3N5O2. The van der Waals surface area contributed by atoms with Crippen molar-refractivity contribution in [2.75, 3.05) is 26.2 Å². The van der Waals surface area contributed by atoms with E-state index in [-0.39, 0.29) is 11.7 Å². The van der Waals surface area contributed by atoms with Gasteiger partial charge in [0.15, 0.2) is 0 Å². The van der Waals surface area contributed by atoms with Gasteiger partial charge in [0.2, 0.25) is 5.91 Å². The standard InChI is InChI=1S/C24H28F3N5O2/c25-24(26,27)34-20-8-4-18(5-9-20)7-11-23(33)32-14-2-1-12-31(13-3-15-32)17-19-6-10-21-22(16-19)29-30-28-21/h4-6,8-10,16H,1-3,7,11-15,17H2,(H,28,29,30). The molecule has 34 heavy (non-hydrogen) atoms. The van der Waals surface area contributed by atoms with Crippen molar-refractivity contribution in [1.29, 1.82) is 0 Å². The molecule has 1 N–H and O–H groups in total. The number of aryl methyl sites for hydroxylation is 1. The van der Waals surface area contributed by atoms with Crippen molar-refractivity contribution in [3.63, 3.8) is 0 Å². The number of halogens is 3. The van der Waals surface area contributed by atoms with Crippen molar-refractivity contribution >= 4 is 16.9 Å². The number of nitrogens with zero attached hydrogens (tertiary/aromatic N) is 4. The molecule has 0 spiro atoms. The smallest absolute Gasteiger partial charge is 0.406 e. The molecule has 1 amide bonds. The first-order valence-corrected chi connectivity index (χ1v) is 11.5. The molecule has 1 fully saturated rings. The van der Waals surface area contributed by atoms with Gasteiger partial charge in [0.1, 0.15) is 16.8 Å². The average Bonchev–Trinajstić information content (AvgIpc) is 3.29. The predicted molar refractivity (Wildman–Crippen MR) is 121 cm³/mol. The molecule has 0 atom stereocenters. The highest BCUT2D eigenvalue weighted by Crippen LogP contribution is 2.23. The molecule has 0 unspecified atom stereocenters. The summed E-state index contributed by atoms with van der Waals surface area (Å²) < 4.78 is 40.8. The summed E-state index contributed by atoms with van der Waals surface area (Å²) in [5.41, 5.74) is 3.72. The number of hydrogen-bond acceptors (Lipinski definition) is 5.